The average molecular weight is 244 g/mol. The van der Waals surface area contributed by atoms with E-state index in [9.17, 15) is 0 Å². The number of aliphatic hydroxyl groups excluding tert-OH is 1. The van der Waals surface area contributed by atoms with Gasteiger partial charge in [-0.3, -0.25) is 0 Å². The number of aryl methyl sites for hydroxylation is 1. The number of hydrogen-bond donors (Lipinski definition) is 2. The minimum atomic E-state index is 0. The molecule has 1 atom stereocenters. The Morgan fingerprint density at radius 3 is 3.00 bits per heavy atom. The summed E-state index contributed by atoms with van der Waals surface area (Å²) in [7, 11) is 0. The van der Waals surface area contributed by atoms with Crippen molar-refractivity contribution in [2.75, 3.05) is 13.2 Å². The maximum absolute atomic E-state index is 8.69. The van der Waals surface area contributed by atoms with Crippen molar-refractivity contribution in [3.8, 4) is 5.75 Å². The molecule has 0 aliphatic carbocycles. The molecule has 4 heteroatoms. The van der Waals surface area contributed by atoms with Crippen molar-refractivity contribution in [1.29, 1.82) is 0 Å². The van der Waals surface area contributed by atoms with Gasteiger partial charge in [0, 0.05) is 19.4 Å². The number of nitrogens with two attached hydrogens (primary N) is 1. The Balaban J connectivity index is 0.00000128. The van der Waals surface area contributed by atoms with E-state index < -0.39 is 0 Å². The van der Waals surface area contributed by atoms with Crippen LogP contribution in [0.5, 0.6) is 5.75 Å². The van der Waals surface area contributed by atoms with Gasteiger partial charge in [-0.25, -0.2) is 0 Å². The quantitative estimate of drug-likeness (QED) is 0.565. The molecule has 16 heavy (non-hydrogen) atoms. The monoisotopic (exact) mass is 243 g/mol. The highest BCUT2D eigenvalue weighted by atomic mass is 35.5. The molecule has 0 amide bonds. The molecule has 1 aromatic carbocycles. The van der Waals surface area contributed by atoms with Crippen molar-refractivity contribution in [2.24, 2.45) is 0 Å². The standard InChI is InChI=1S/C12H17NO2.ClH/c14-9-3-8-13-12-7-6-10-4-1-2-5-11(10)15-12;/h1-2,4-5,12-14H,3,6-9H2;1H. The number of hydrogen-bond acceptors (Lipinski definition) is 2. The Kier molecular flexibility index (Phi) is 5.60. The summed E-state index contributed by atoms with van der Waals surface area (Å²) in [5.41, 5.74) is 1.31. The Hall–Kier alpha value is -0.770. The summed E-state index contributed by atoms with van der Waals surface area (Å²) < 4.78 is 5.84. The van der Waals surface area contributed by atoms with E-state index in [1.165, 1.54) is 5.56 Å². The van der Waals surface area contributed by atoms with E-state index in [0.29, 0.717) is 0 Å². The highest BCUT2D eigenvalue weighted by Crippen LogP contribution is 2.24. The van der Waals surface area contributed by atoms with Gasteiger partial charge in [0.15, 0.2) is 0 Å². The van der Waals surface area contributed by atoms with Crippen LogP contribution in [0.2, 0.25) is 0 Å². The van der Waals surface area contributed by atoms with E-state index >= 15 is 0 Å². The molecule has 1 aliphatic rings. The van der Waals surface area contributed by atoms with Crippen LogP contribution in [-0.2, 0) is 6.42 Å². The highest BCUT2D eigenvalue weighted by Gasteiger charge is 2.20. The van der Waals surface area contributed by atoms with Crippen LogP contribution in [0.15, 0.2) is 24.3 Å². The van der Waals surface area contributed by atoms with Crippen molar-refractivity contribution in [3.63, 3.8) is 0 Å². The number of rotatable bonds is 4. The Morgan fingerprint density at radius 2 is 2.19 bits per heavy atom. The zero-order chi connectivity index (χ0) is 10.5. The molecule has 0 spiro atoms. The largest absolute Gasteiger partial charge is 1.00 e. The molecule has 2 rings (SSSR count). The van der Waals surface area contributed by atoms with Gasteiger partial charge in [0.1, 0.15) is 5.75 Å². The Labute approximate surface area is 102 Å². The Morgan fingerprint density at radius 1 is 1.38 bits per heavy atom. The van der Waals surface area contributed by atoms with Gasteiger partial charge in [0.25, 0.3) is 0 Å². The fourth-order valence-electron chi connectivity index (χ4n) is 1.91. The minimum absolute atomic E-state index is 0. The van der Waals surface area contributed by atoms with E-state index in [-0.39, 0.29) is 25.2 Å². The molecule has 0 bridgehead atoms. The molecule has 1 aromatic rings. The third kappa shape index (κ3) is 3.37. The highest BCUT2D eigenvalue weighted by molar-refractivity contribution is 5.34. The van der Waals surface area contributed by atoms with Crippen molar-refractivity contribution in [1.82, 2.24) is 0 Å². The molecular weight excluding hydrogens is 226 g/mol. The van der Waals surface area contributed by atoms with Gasteiger partial charge in [-0.05, 0) is 18.1 Å². The van der Waals surface area contributed by atoms with Crippen molar-refractivity contribution >= 4 is 0 Å². The lowest BCUT2D eigenvalue weighted by Gasteiger charge is -2.23. The van der Waals surface area contributed by atoms with E-state index in [1.54, 1.807) is 0 Å². The number of fused-ring (bicyclic) bond motifs is 1. The SMILES string of the molecule is OCCC[NH2+]C1CCc2ccccc2O1.[Cl-]. The van der Waals surface area contributed by atoms with Crippen LogP contribution in [0.1, 0.15) is 18.4 Å². The van der Waals surface area contributed by atoms with Crippen LogP contribution in [-0.4, -0.2) is 24.5 Å². The molecule has 0 saturated heterocycles. The summed E-state index contributed by atoms with van der Waals surface area (Å²) in [5.74, 6) is 1.02. The number of para-hydroxylation sites is 1. The molecule has 90 valence electrons. The molecule has 1 unspecified atom stereocenters. The maximum atomic E-state index is 8.69. The van der Waals surface area contributed by atoms with Gasteiger partial charge in [-0.15, -0.1) is 0 Å². The summed E-state index contributed by atoms with van der Waals surface area (Å²) in [5, 5.41) is 10.9. The van der Waals surface area contributed by atoms with Gasteiger partial charge in [0.05, 0.1) is 6.54 Å². The van der Waals surface area contributed by atoms with Crippen LogP contribution in [0.3, 0.4) is 0 Å². The van der Waals surface area contributed by atoms with E-state index in [0.717, 1.165) is 31.6 Å². The summed E-state index contributed by atoms with van der Waals surface area (Å²) in [4.78, 5) is 0. The molecule has 1 aliphatic heterocycles. The van der Waals surface area contributed by atoms with Gasteiger partial charge in [0.2, 0.25) is 6.23 Å². The zero-order valence-electron chi connectivity index (χ0n) is 9.23. The lowest BCUT2D eigenvalue weighted by Crippen LogP contribution is -3.00. The minimum Gasteiger partial charge on any atom is -1.00 e. The van der Waals surface area contributed by atoms with E-state index in [4.69, 9.17) is 9.84 Å². The maximum Gasteiger partial charge on any atom is 0.230 e. The van der Waals surface area contributed by atoms with Crippen molar-refractivity contribution < 1.29 is 27.6 Å². The van der Waals surface area contributed by atoms with Crippen LogP contribution in [0.25, 0.3) is 0 Å². The third-order valence-corrected chi connectivity index (χ3v) is 2.74. The van der Waals surface area contributed by atoms with E-state index in [1.807, 2.05) is 12.1 Å². The lowest BCUT2D eigenvalue weighted by atomic mass is 10.1. The molecule has 0 fully saturated rings. The van der Waals surface area contributed by atoms with Crippen LogP contribution < -0.4 is 22.5 Å². The van der Waals surface area contributed by atoms with Gasteiger partial charge >= 0.3 is 0 Å². The van der Waals surface area contributed by atoms with Crippen LogP contribution >= 0.6 is 0 Å². The molecule has 0 saturated carbocycles. The predicted molar refractivity (Wildman–Crippen MR) is 57.7 cm³/mol. The molecular formula is C12H18ClNO2. The second-order valence-corrected chi connectivity index (χ2v) is 3.90. The first-order valence-corrected chi connectivity index (χ1v) is 5.59. The van der Waals surface area contributed by atoms with E-state index in [2.05, 4.69) is 17.4 Å². The van der Waals surface area contributed by atoms with Crippen LogP contribution in [0.4, 0.5) is 0 Å². The van der Waals surface area contributed by atoms with Crippen LogP contribution in [0, 0.1) is 0 Å². The Bertz CT molecular complexity index is 320. The smallest absolute Gasteiger partial charge is 0.230 e. The number of aliphatic hydroxyl groups is 1. The number of quaternary nitrogens is 1. The topological polar surface area (TPSA) is 46.1 Å². The van der Waals surface area contributed by atoms with Crippen molar-refractivity contribution in [2.45, 2.75) is 25.5 Å². The third-order valence-electron chi connectivity index (χ3n) is 2.74. The molecule has 3 N–H and O–H groups in total. The number of halogens is 1. The summed E-state index contributed by atoms with van der Waals surface area (Å²) in [6.45, 7) is 1.20. The normalized spacial score (nSPS) is 18.2. The zero-order valence-corrected chi connectivity index (χ0v) is 9.99. The first-order valence-electron chi connectivity index (χ1n) is 5.59. The molecule has 1 heterocycles. The van der Waals surface area contributed by atoms with Gasteiger partial charge in [-0.2, -0.15) is 0 Å². The van der Waals surface area contributed by atoms with Gasteiger partial charge < -0.3 is 27.6 Å². The number of benzene rings is 1. The summed E-state index contributed by atoms with van der Waals surface area (Å²) in [6.07, 6.45) is 3.21. The summed E-state index contributed by atoms with van der Waals surface area (Å²) >= 11 is 0. The fraction of sp³-hybridized carbons (Fsp3) is 0.500. The lowest BCUT2D eigenvalue weighted by molar-refractivity contribution is -0.720. The molecule has 0 radical (unpaired) electrons. The number of ether oxygens (including phenoxy) is 1. The second-order valence-electron chi connectivity index (χ2n) is 3.90. The average Bonchev–Trinajstić information content (AvgIpc) is 2.29. The summed E-state index contributed by atoms with van der Waals surface area (Å²) in [6, 6.07) is 8.22. The molecule has 0 aromatic heterocycles. The molecule has 3 nitrogen and oxygen atoms in total. The first-order chi connectivity index (χ1) is 7.40. The second kappa shape index (κ2) is 6.74. The fourth-order valence-corrected chi connectivity index (χ4v) is 1.91. The first kappa shape index (κ1) is 13.3. The van der Waals surface area contributed by atoms with Gasteiger partial charge in [-0.1, -0.05) is 18.2 Å². The van der Waals surface area contributed by atoms with Crippen molar-refractivity contribution in [3.05, 3.63) is 29.8 Å². The predicted octanol–water partition coefficient (Wildman–Crippen LogP) is -2.71.